The van der Waals surface area contributed by atoms with E-state index in [0.717, 1.165) is 24.1 Å². The van der Waals surface area contributed by atoms with Gasteiger partial charge in [-0.3, -0.25) is 4.79 Å². The van der Waals surface area contributed by atoms with Crippen LogP contribution >= 0.6 is 0 Å². The monoisotopic (exact) mass is 445 g/mol. The third-order valence-electron chi connectivity index (χ3n) is 5.76. The molecule has 1 aliphatic rings. The van der Waals surface area contributed by atoms with E-state index in [1.54, 1.807) is 26.2 Å². The molecule has 1 aromatic heterocycles. The maximum Gasteiger partial charge on any atom is 0.255 e. The van der Waals surface area contributed by atoms with Crippen LogP contribution in [0.2, 0.25) is 0 Å². The number of hydrogen-bond acceptors (Lipinski definition) is 5. The van der Waals surface area contributed by atoms with Crippen molar-refractivity contribution in [2.45, 2.75) is 18.8 Å². The van der Waals surface area contributed by atoms with Crippen molar-refractivity contribution >= 4 is 33.5 Å². The number of nitrogens with one attached hydrogen (secondary N) is 2. The van der Waals surface area contributed by atoms with Crippen molar-refractivity contribution < 1.29 is 22.0 Å². The number of thiol groups is 1. The summed E-state index contributed by atoms with van der Waals surface area (Å²) in [6.07, 6.45) is 1.61. The molecule has 2 heterocycles. The zero-order chi connectivity index (χ0) is 22.1. The smallest absolute Gasteiger partial charge is 0.255 e. The first-order chi connectivity index (χ1) is 14.9. The number of fused-ring (bicyclic) bond motifs is 1. The second-order valence-corrected chi connectivity index (χ2v) is 8.61. The van der Waals surface area contributed by atoms with Crippen molar-refractivity contribution in [3.8, 4) is 11.3 Å². The van der Waals surface area contributed by atoms with Gasteiger partial charge in [-0.15, -0.1) is 0 Å². The van der Waals surface area contributed by atoms with Gasteiger partial charge in [0.25, 0.3) is 5.91 Å². The first-order valence-corrected chi connectivity index (χ1v) is 11.2. The van der Waals surface area contributed by atoms with E-state index in [2.05, 4.69) is 10.6 Å². The predicted octanol–water partition coefficient (Wildman–Crippen LogP) is 3.35. The van der Waals surface area contributed by atoms with E-state index in [1.807, 2.05) is 12.1 Å². The van der Waals surface area contributed by atoms with Crippen molar-refractivity contribution in [1.29, 1.82) is 0 Å². The topological polar surface area (TPSA) is 91.7 Å². The number of piperidine rings is 1. The second kappa shape index (κ2) is 8.68. The average molecular weight is 446 g/mol. The fourth-order valence-electron chi connectivity index (χ4n) is 4.23. The molecule has 1 unspecified atom stereocenters. The second-order valence-electron chi connectivity index (χ2n) is 7.57. The van der Waals surface area contributed by atoms with Crippen LogP contribution in [-0.4, -0.2) is 45.8 Å². The minimum atomic E-state index is -2.63. The molecule has 0 saturated carbocycles. The molecule has 1 saturated heterocycles. The summed E-state index contributed by atoms with van der Waals surface area (Å²) in [6, 6.07) is 9.53. The van der Waals surface area contributed by atoms with Gasteiger partial charge < -0.3 is 15.1 Å². The van der Waals surface area contributed by atoms with Gasteiger partial charge in [0.1, 0.15) is 17.2 Å². The van der Waals surface area contributed by atoms with Crippen LogP contribution in [0.25, 0.3) is 22.3 Å². The van der Waals surface area contributed by atoms with Gasteiger partial charge >= 0.3 is 0 Å². The minimum absolute atomic E-state index is 0.00444. The SMILES string of the molecule is CNC(=O)c1c(-c2ccc(F)cc2)oc2cc(NC)c(C3CCCN([SH](=O)=O)C3)cc12. The fourth-order valence-corrected chi connectivity index (χ4v) is 4.86. The molecule has 1 fully saturated rings. The van der Waals surface area contributed by atoms with Crippen molar-refractivity contribution in [3.05, 3.63) is 53.3 Å². The molecule has 2 aromatic carbocycles. The van der Waals surface area contributed by atoms with Gasteiger partial charge in [-0.25, -0.2) is 17.1 Å². The molecule has 31 heavy (non-hydrogen) atoms. The first kappa shape index (κ1) is 21.3. The molecule has 0 radical (unpaired) electrons. The van der Waals surface area contributed by atoms with Gasteiger partial charge in [0, 0.05) is 49.9 Å². The van der Waals surface area contributed by atoms with Crippen molar-refractivity contribution in [3.63, 3.8) is 0 Å². The van der Waals surface area contributed by atoms with Crippen molar-refractivity contribution in [2.24, 2.45) is 0 Å². The number of halogens is 1. The third-order valence-corrected chi connectivity index (χ3v) is 6.59. The molecule has 9 heteroatoms. The van der Waals surface area contributed by atoms with Crippen LogP contribution in [-0.2, 0) is 10.9 Å². The van der Waals surface area contributed by atoms with Crippen LogP contribution < -0.4 is 10.6 Å². The number of nitrogens with zero attached hydrogens (tertiary/aromatic N) is 1. The molecule has 1 atom stereocenters. The van der Waals surface area contributed by atoms with Crippen molar-refractivity contribution in [2.75, 3.05) is 32.5 Å². The molecule has 0 spiro atoms. The maximum atomic E-state index is 13.4. The van der Waals surface area contributed by atoms with Crippen LogP contribution in [0.1, 0.15) is 34.7 Å². The van der Waals surface area contributed by atoms with E-state index in [4.69, 9.17) is 4.42 Å². The minimum Gasteiger partial charge on any atom is -0.455 e. The number of amides is 1. The Balaban J connectivity index is 1.89. The lowest BCUT2D eigenvalue weighted by molar-refractivity contribution is 0.0964. The molecule has 4 rings (SSSR count). The Morgan fingerprint density at radius 3 is 2.58 bits per heavy atom. The molecule has 3 aromatic rings. The van der Waals surface area contributed by atoms with E-state index in [1.165, 1.54) is 16.4 Å². The van der Waals surface area contributed by atoms with Crippen molar-refractivity contribution in [1.82, 2.24) is 9.62 Å². The largest absolute Gasteiger partial charge is 0.455 e. The normalized spacial score (nSPS) is 17.2. The number of furan rings is 1. The summed E-state index contributed by atoms with van der Waals surface area (Å²) < 4.78 is 44.0. The average Bonchev–Trinajstić information content (AvgIpc) is 3.16. The highest BCUT2D eigenvalue weighted by atomic mass is 32.2. The summed E-state index contributed by atoms with van der Waals surface area (Å²) in [5.74, 6) is -0.328. The quantitative estimate of drug-likeness (QED) is 0.524. The van der Waals surface area contributed by atoms with E-state index >= 15 is 0 Å². The Bertz CT molecular complexity index is 1200. The van der Waals surface area contributed by atoms with Crippen LogP contribution in [0, 0.1) is 5.82 Å². The summed E-state index contributed by atoms with van der Waals surface area (Å²) in [5, 5.41) is 6.46. The third kappa shape index (κ3) is 4.03. The summed E-state index contributed by atoms with van der Waals surface area (Å²) in [4.78, 5) is 12.8. The molecule has 1 aliphatic heterocycles. The van der Waals surface area contributed by atoms with Crippen LogP contribution in [0.3, 0.4) is 0 Å². The Hall–Kier alpha value is -2.91. The standard InChI is InChI=1S/C22H24FN3O4S/c1-24-18-11-19-17(10-16(18)14-4-3-9-26(12-14)31(28)29)20(22(27)25-2)21(30-19)13-5-7-15(23)8-6-13/h5-8,10-11,14,24,31H,3-4,9,12H2,1-2H3,(H,25,27). The maximum absolute atomic E-state index is 13.4. The number of hydrogen-bond donors (Lipinski definition) is 3. The molecule has 164 valence electrons. The molecular formula is C22H24FN3O4S. The van der Waals surface area contributed by atoms with Gasteiger partial charge in [0.15, 0.2) is 0 Å². The van der Waals surface area contributed by atoms with Gasteiger partial charge in [-0.05, 0) is 54.7 Å². The Morgan fingerprint density at radius 1 is 1.19 bits per heavy atom. The number of carbonyl (C=O) groups excluding carboxylic acids is 1. The Labute approximate surface area is 181 Å². The lowest BCUT2D eigenvalue weighted by Gasteiger charge is -2.30. The summed E-state index contributed by atoms with van der Waals surface area (Å²) in [5.41, 5.74) is 3.25. The number of benzene rings is 2. The highest BCUT2D eigenvalue weighted by Crippen LogP contribution is 2.40. The summed E-state index contributed by atoms with van der Waals surface area (Å²) in [7, 11) is 0.706. The van der Waals surface area contributed by atoms with Crippen LogP contribution in [0.15, 0.2) is 40.8 Å². The van der Waals surface area contributed by atoms with E-state index in [-0.39, 0.29) is 17.6 Å². The Kier molecular flexibility index (Phi) is 5.97. The number of anilines is 1. The zero-order valence-electron chi connectivity index (χ0n) is 17.3. The van der Waals surface area contributed by atoms with E-state index < -0.39 is 10.9 Å². The zero-order valence-corrected chi connectivity index (χ0v) is 18.2. The lowest BCUT2D eigenvalue weighted by atomic mass is 9.89. The highest BCUT2D eigenvalue weighted by molar-refractivity contribution is 7.69. The molecule has 1 amide bonds. The van der Waals surface area contributed by atoms with Gasteiger partial charge in [0.2, 0.25) is 10.9 Å². The highest BCUT2D eigenvalue weighted by Gasteiger charge is 2.28. The van der Waals surface area contributed by atoms with Crippen LogP contribution in [0.4, 0.5) is 10.1 Å². The molecule has 0 bridgehead atoms. The number of rotatable bonds is 5. The van der Waals surface area contributed by atoms with Gasteiger partial charge in [0.05, 0.1) is 5.56 Å². The molecule has 7 nitrogen and oxygen atoms in total. The predicted molar refractivity (Wildman–Crippen MR) is 118 cm³/mol. The molecule has 2 N–H and O–H groups in total. The van der Waals surface area contributed by atoms with Gasteiger partial charge in [-0.1, -0.05) is 0 Å². The fraction of sp³-hybridized carbons (Fsp3) is 0.318. The first-order valence-electron chi connectivity index (χ1n) is 10.1. The van der Waals surface area contributed by atoms with E-state index in [9.17, 15) is 17.6 Å². The Morgan fingerprint density at radius 2 is 1.94 bits per heavy atom. The summed E-state index contributed by atoms with van der Waals surface area (Å²) in [6.45, 7) is 0.924. The summed E-state index contributed by atoms with van der Waals surface area (Å²) >= 11 is 0. The molecular weight excluding hydrogens is 421 g/mol. The van der Waals surface area contributed by atoms with Gasteiger partial charge in [-0.2, -0.15) is 0 Å². The lowest BCUT2D eigenvalue weighted by Crippen LogP contribution is -2.33. The molecule has 0 aliphatic carbocycles. The van der Waals surface area contributed by atoms with E-state index in [0.29, 0.717) is 40.9 Å². The van der Waals surface area contributed by atoms with Crippen LogP contribution in [0.5, 0.6) is 0 Å². The number of carbonyl (C=O) groups is 1.